The SMILES string of the molecule is CCS(=O)c1nn2cc(C(=O)NC)cnc2c1-c1nc2cc(C(F)(F)F)cnc2n1C. The molecule has 0 aliphatic rings. The number of nitrogens with zero attached hydrogens (tertiary/aromatic N) is 6. The molecule has 4 aromatic rings. The normalized spacial score (nSPS) is 13.1. The Hall–Kier alpha value is -3.35. The predicted octanol–water partition coefficient (Wildman–Crippen LogP) is 2.18. The number of imidazole rings is 1. The summed E-state index contributed by atoms with van der Waals surface area (Å²) < 4.78 is 54.8. The first-order chi connectivity index (χ1) is 14.7. The molecule has 162 valence electrons. The molecule has 13 heteroatoms. The lowest BCUT2D eigenvalue weighted by atomic mass is 10.2. The van der Waals surface area contributed by atoms with Gasteiger partial charge in [0.1, 0.15) is 11.3 Å². The summed E-state index contributed by atoms with van der Waals surface area (Å²) in [6.07, 6.45) is -1.05. The van der Waals surface area contributed by atoms with Gasteiger partial charge in [0.25, 0.3) is 5.91 Å². The number of aryl methyl sites for hydroxylation is 1. The summed E-state index contributed by atoms with van der Waals surface area (Å²) in [7, 11) is 1.53. The molecular weight excluding hydrogens is 435 g/mol. The number of carbonyl (C=O) groups is 1. The molecule has 0 spiro atoms. The van der Waals surface area contributed by atoms with Crippen LogP contribution in [0.5, 0.6) is 0 Å². The first-order valence-corrected chi connectivity index (χ1v) is 10.4. The van der Waals surface area contributed by atoms with E-state index in [2.05, 4.69) is 25.4 Å². The Morgan fingerprint density at radius 2 is 1.94 bits per heavy atom. The number of hydrogen-bond donors (Lipinski definition) is 1. The number of fused-ring (bicyclic) bond motifs is 2. The number of alkyl halides is 3. The Morgan fingerprint density at radius 3 is 2.58 bits per heavy atom. The van der Waals surface area contributed by atoms with Crippen molar-refractivity contribution in [3.63, 3.8) is 0 Å². The van der Waals surface area contributed by atoms with Crippen molar-refractivity contribution in [3.05, 3.63) is 35.8 Å². The number of rotatable bonds is 4. The number of carbonyl (C=O) groups excluding carboxylic acids is 1. The van der Waals surface area contributed by atoms with Gasteiger partial charge < -0.3 is 9.88 Å². The molecule has 4 heterocycles. The van der Waals surface area contributed by atoms with Gasteiger partial charge >= 0.3 is 6.18 Å². The van der Waals surface area contributed by atoms with Gasteiger partial charge in [-0.2, -0.15) is 18.3 Å². The van der Waals surface area contributed by atoms with Crippen molar-refractivity contribution in [1.29, 1.82) is 0 Å². The van der Waals surface area contributed by atoms with E-state index in [1.54, 1.807) is 14.0 Å². The van der Waals surface area contributed by atoms with Crippen LogP contribution in [0, 0.1) is 0 Å². The van der Waals surface area contributed by atoms with Crippen LogP contribution in [-0.4, -0.2) is 52.0 Å². The van der Waals surface area contributed by atoms with Crippen LogP contribution in [0.1, 0.15) is 22.8 Å². The van der Waals surface area contributed by atoms with Crippen LogP contribution in [0.3, 0.4) is 0 Å². The van der Waals surface area contributed by atoms with Crippen molar-refractivity contribution in [2.75, 3.05) is 12.8 Å². The van der Waals surface area contributed by atoms with E-state index in [4.69, 9.17) is 0 Å². The number of pyridine rings is 1. The summed E-state index contributed by atoms with van der Waals surface area (Å²) >= 11 is 0. The van der Waals surface area contributed by atoms with Crippen LogP contribution in [-0.2, 0) is 24.0 Å². The third-order valence-corrected chi connectivity index (χ3v) is 5.91. The van der Waals surface area contributed by atoms with Gasteiger partial charge in [-0.1, -0.05) is 6.92 Å². The van der Waals surface area contributed by atoms with Gasteiger partial charge in [-0.15, -0.1) is 0 Å². The molecule has 4 aromatic heterocycles. The van der Waals surface area contributed by atoms with E-state index < -0.39 is 22.5 Å². The lowest BCUT2D eigenvalue weighted by Crippen LogP contribution is -2.18. The maximum atomic E-state index is 13.1. The highest BCUT2D eigenvalue weighted by atomic mass is 32.2. The molecule has 31 heavy (non-hydrogen) atoms. The van der Waals surface area contributed by atoms with Crippen molar-refractivity contribution in [1.82, 2.24) is 34.4 Å². The third-order valence-electron chi connectivity index (χ3n) is 4.67. The highest BCUT2D eigenvalue weighted by Crippen LogP contribution is 2.34. The topological polar surface area (TPSA) is 107 Å². The minimum absolute atomic E-state index is 0.0295. The molecule has 0 fully saturated rings. The zero-order chi connectivity index (χ0) is 22.5. The van der Waals surface area contributed by atoms with E-state index in [1.165, 1.54) is 28.5 Å². The Morgan fingerprint density at radius 1 is 1.23 bits per heavy atom. The molecule has 4 rings (SSSR count). The maximum Gasteiger partial charge on any atom is 0.417 e. The quantitative estimate of drug-likeness (QED) is 0.510. The van der Waals surface area contributed by atoms with Crippen LogP contribution < -0.4 is 5.32 Å². The van der Waals surface area contributed by atoms with E-state index >= 15 is 0 Å². The monoisotopic (exact) mass is 451 g/mol. The minimum atomic E-state index is -4.56. The molecule has 0 bridgehead atoms. The fraction of sp³-hybridized carbons (Fsp3) is 0.278. The number of halogens is 3. The average molecular weight is 451 g/mol. The molecule has 1 amide bonds. The van der Waals surface area contributed by atoms with E-state index in [1.807, 2.05) is 0 Å². The van der Waals surface area contributed by atoms with Crippen LogP contribution in [0.25, 0.3) is 28.2 Å². The van der Waals surface area contributed by atoms with Crippen molar-refractivity contribution in [2.45, 2.75) is 18.1 Å². The molecule has 0 aliphatic heterocycles. The molecule has 0 saturated carbocycles. The first kappa shape index (κ1) is 20.9. The predicted molar refractivity (Wildman–Crippen MR) is 106 cm³/mol. The average Bonchev–Trinajstić information content (AvgIpc) is 3.28. The fourth-order valence-corrected chi connectivity index (χ4v) is 3.99. The summed E-state index contributed by atoms with van der Waals surface area (Å²) in [6.45, 7) is 1.71. The van der Waals surface area contributed by atoms with Crippen LogP contribution in [0.4, 0.5) is 13.2 Å². The number of amides is 1. The van der Waals surface area contributed by atoms with Gasteiger partial charge in [-0.25, -0.2) is 19.5 Å². The van der Waals surface area contributed by atoms with E-state index in [9.17, 15) is 22.2 Å². The molecule has 0 radical (unpaired) electrons. The van der Waals surface area contributed by atoms with Gasteiger partial charge in [-0.05, 0) is 6.07 Å². The lowest BCUT2D eigenvalue weighted by molar-refractivity contribution is -0.137. The second-order valence-electron chi connectivity index (χ2n) is 6.56. The second-order valence-corrected chi connectivity index (χ2v) is 8.22. The van der Waals surface area contributed by atoms with Crippen molar-refractivity contribution in [2.24, 2.45) is 7.05 Å². The van der Waals surface area contributed by atoms with E-state index in [0.717, 1.165) is 12.3 Å². The number of nitrogens with one attached hydrogen (secondary N) is 1. The molecular formula is C18H16F3N7O2S. The maximum absolute atomic E-state index is 13.1. The number of hydrogen-bond acceptors (Lipinski definition) is 6. The first-order valence-electron chi connectivity index (χ1n) is 9.04. The standard InChI is InChI=1S/C18H16F3N7O2S/c1-4-31(30)17-12(14-23-6-9(16(29)22-2)8-28(14)26-17)15-25-11-5-10(18(19,20)21)7-24-13(11)27(15)3/h5-8H,4H2,1-3H3,(H,22,29). The lowest BCUT2D eigenvalue weighted by Gasteiger charge is -2.05. The Balaban J connectivity index is 1.99. The van der Waals surface area contributed by atoms with Crippen LogP contribution >= 0.6 is 0 Å². The van der Waals surface area contributed by atoms with Crippen molar-refractivity contribution >= 4 is 33.5 Å². The van der Waals surface area contributed by atoms with Gasteiger partial charge in [0.2, 0.25) is 0 Å². The second kappa shape index (κ2) is 7.41. The molecule has 0 saturated heterocycles. The highest BCUT2D eigenvalue weighted by Gasteiger charge is 2.32. The molecule has 0 aliphatic carbocycles. The third kappa shape index (κ3) is 3.44. The molecule has 1 unspecified atom stereocenters. The summed E-state index contributed by atoms with van der Waals surface area (Å²) in [5.41, 5.74) is 0.130. The van der Waals surface area contributed by atoms with E-state index in [-0.39, 0.29) is 44.9 Å². The Bertz CT molecular complexity index is 1360. The van der Waals surface area contributed by atoms with Gasteiger partial charge in [0.05, 0.1) is 27.5 Å². The van der Waals surface area contributed by atoms with E-state index in [0.29, 0.717) is 5.56 Å². The smallest absolute Gasteiger partial charge is 0.355 e. The van der Waals surface area contributed by atoms with Crippen molar-refractivity contribution < 1.29 is 22.2 Å². The molecule has 0 aromatic carbocycles. The Labute approximate surface area is 175 Å². The Kier molecular flexibility index (Phi) is 5.00. The summed E-state index contributed by atoms with van der Waals surface area (Å²) in [5, 5.41) is 6.97. The van der Waals surface area contributed by atoms with Crippen LogP contribution in [0.2, 0.25) is 0 Å². The molecule has 1 atom stereocenters. The molecule has 1 N–H and O–H groups in total. The van der Waals surface area contributed by atoms with Gasteiger partial charge in [0, 0.05) is 38.4 Å². The zero-order valence-corrected chi connectivity index (χ0v) is 17.4. The van der Waals surface area contributed by atoms with Crippen molar-refractivity contribution in [3.8, 4) is 11.4 Å². The summed E-state index contributed by atoms with van der Waals surface area (Å²) in [5.74, 6) is 0.0876. The van der Waals surface area contributed by atoms with Gasteiger partial charge in [0.15, 0.2) is 16.3 Å². The number of aromatic nitrogens is 6. The largest absolute Gasteiger partial charge is 0.417 e. The van der Waals surface area contributed by atoms with Gasteiger partial charge in [-0.3, -0.25) is 9.00 Å². The molecule has 9 nitrogen and oxygen atoms in total. The summed E-state index contributed by atoms with van der Waals surface area (Å²) in [4.78, 5) is 24.4. The zero-order valence-electron chi connectivity index (χ0n) is 16.6. The van der Waals surface area contributed by atoms with Crippen LogP contribution in [0.15, 0.2) is 29.7 Å². The fourth-order valence-electron chi connectivity index (χ4n) is 3.12. The minimum Gasteiger partial charge on any atom is -0.355 e. The summed E-state index contributed by atoms with van der Waals surface area (Å²) in [6, 6.07) is 0.908. The highest BCUT2D eigenvalue weighted by molar-refractivity contribution is 7.85.